The molecule has 0 spiro atoms. The third-order valence-corrected chi connectivity index (χ3v) is 5.17. The first-order valence-electron chi connectivity index (χ1n) is 9.90. The molecule has 0 saturated heterocycles. The van der Waals surface area contributed by atoms with Gasteiger partial charge in [-0.25, -0.2) is 4.98 Å². The van der Waals surface area contributed by atoms with E-state index in [1.54, 1.807) is 23.9 Å². The molecule has 0 saturated carbocycles. The fourth-order valence-electron chi connectivity index (χ4n) is 3.68. The summed E-state index contributed by atoms with van der Waals surface area (Å²) in [5, 5.41) is 16.3. The van der Waals surface area contributed by atoms with E-state index in [2.05, 4.69) is 38.6 Å². The van der Waals surface area contributed by atoms with Crippen molar-refractivity contribution in [3.05, 3.63) is 47.2 Å². The van der Waals surface area contributed by atoms with Crippen molar-refractivity contribution in [3.63, 3.8) is 0 Å². The van der Waals surface area contributed by atoms with Crippen molar-refractivity contribution in [3.8, 4) is 11.3 Å². The molecule has 0 aromatic carbocycles. The van der Waals surface area contributed by atoms with Gasteiger partial charge in [0.05, 0.1) is 40.3 Å². The zero-order chi connectivity index (χ0) is 21.4. The standard InChI is InChI=1S/C21H25N7O2/c1-12-8-14(3)28(25-12)13(2)6-7-22-20(29)17-9-18(16-10-23-27(5)11-16)24-21-19(17)15(4)26-30-21/h8-11,13H,6-7H2,1-5H3,(H,22,29)/t13-/m0/s1. The van der Waals surface area contributed by atoms with Crippen LogP contribution in [0.2, 0.25) is 0 Å². The Morgan fingerprint density at radius 1 is 1.27 bits per heavy atom. The van der Waals surface area contributed by atoms with Crippen LogP contribution in [-0.4, -0.2) is 42.2 Å². The van der Waals surface area contributed by atoms with Crippen LogP contribution in [0.1, 0.15) is 46.8 Å². The quantitative estimate of drug-likeness (QED) is 0.527. The number of amides is 1. The maximum absolute atomic E-state index is 13.0. The molecule has 0 aliphatic carbocycles. The van der Waals surface area contributed by atoms with Crippen LogP contribution in [0.3, 0.4) is 0 Å². The highest BCUT2D eigenvalue weighted by Gasteiger charge is 2.20. The van der Waals surface area contributed by atoms with Crippen molar-refractivity contribution in [1.29, 1.82) is 0 Å². The molecule has 0 fully saturated rings. The van der Waals surface area contributed by atoms with Crippen LogP contribution in [0.25, 0.3) is 22.4 Å². The summed E-state index contributed by atoms with van der Waals surface area (Å²) < 4.78 is 9.03. The molecule has 0 bridgehead atoms. The lowest BCUT2D eigenvalue weighted by atomic mass is 10.1. The van der Waals surface area contributed by atoms with Crippen LogP contribution >= 0.6 is 0 Å². The molecule has 4 rings (SSSR count). The van der Waals surface area contributed by atoms with Gasteiger partial charge in [0.25, 0.3) is 11.6 Å². The van der Waals surface area contributed by atoms with Gasteiger partial charge < -0.3 is 9.84 Å². The van der Waals surface area contributed by atoms with Crippen molar-refractivity contribution in [2.24, 2.45) is 7.05 Å². The molecule has 1 amide bonds. The van der Waals surface area contributed by atoms with Crippen LogP contribution in [0, 0.1) is 20.8 Å². The Hall–Kier alpha value is -3.49. The van der Waals surface area contributed by atoms with E-state index in [0.717, 1.165) is 23.4 Å². The Morgan fingerprint density at radius 3 is 2.73 bits per heavy atom. The predicted molar refractivity (Wildman–Crippen MR) is 112 cm³/mol. The lowest BCUT2D eigenvalue weighted by Crippen LogP contribution is -2.27. The Balaban J connectivity index is 1.55. The highest BCUT2D eigenvalue weighted by molar-refractivity contribution is 6.06. The van der Waals surface area contributed by atoms with E-state index in [-0.39, 0.29) is 11.9 Å². The average molecular weight is 407 g/mol. The summed E-state index contributed by atoms with van der Waals surface area (Å²) >= 11 is 0. The fraction of sp³-hybridized carbons (Fsp3) is 0.381. The van der Waals surface area contributed by atoms with Gasteiger partial charge in [0.15, 0.2) is 0 Å². The topological polar surface area (TPSA) is 104 Å². The molecule has 156 valence electrons. The van der Waals surface area contributed by atoms with Gasteiger partial charge >= 0.3 is 0 Å². The highest BCUT2D eigenvalue weighted by Crippen LogP contribution is 2.26. The molecule has 0 aliphatic heterocycles. The van der Waals surface area contributed by atoms with Crippen LogP contribution in [-0.2, 0) is 7.05 Å². The minimum Gasteiger partial charge on any atom is -0.352 e. The van der Waals surface area contributed by atoms with Crippen LogP contribution in [0.15, 0.2) is 29.0 Å². The number of pyridine rings is 1. The summed E-state index contributed by atoms with van der Waals surface area (Å²) in [5.74, 6) is -0.181. The van der Waals surface area contributed by atoms with Crippen LogP contribution < -0.4 is 5.32 Å². The summed E-state index contributed by atoms with van der Waals surface area (Å²) in [6, 6.07) is 4.00. The SMILES string of the molecule is Cc1cc(C)n([C@@H](C)CCNC(=O)c2cc(-c3cnn(C)c3)nc3onc(C)c23)n1. The molecule has 4 aromatic rings. The number of carbonyl (C=O) groups excluding carboxylic acids is 1. The normalized spacial score (nSPS) is 12.4. The molecular formula is C21H25N7O2. The summed E-state index contributed by atoms with van der Waals surface area (Å²) in [4.78, 5) is 17.5. The van der Waals surface area contributed by atoms with E-state index in [4.69, 9.17) is 4.52 Å². The number of nitrogens with zero attached hydrogens (tertiary/aromatic N) is 6. The van der Waals surface area contributed by atoms with E-state index >= 15 is 0 Å². The molecule has 4 aromatic heterocycles. The van der Waals surface area contributed by atoms with Gasteiger partial charge in [0.2, 0.25) is 0 Å². The number of aryl methyl sites for hydroxylation is 4. The summed E-state index contributed by atoms with van der Waals surface area (Å²) in [6.45, 7) is 8.44. The lowest BCUT2D eigenvalue weighted by molar-refractivity contribution is 0.0953. The predicted octanol–water partition coefficient (Wildman–Crippen LogP) is 3.13. The Labute approximate surface area is 174 Å². The molecule has 9 heteroatoms. The fourth-order valence-corrected chi connectivity index (χ4v) is 3.68. The first kappa shape index (κ1) is 19.8. The highest BCUT2D eigenvalue weighted by atomic mass is 16.5. The van der Waals surface area contributed by atoms with E-state index in [1.807, 2.05) is 31.8 Å². The monoisotopic (exact) mass is 407 g/mol. The summed E-state index contributed by atoms with van der Waals surface area (Å²) in [7, 11) is 1.83. The first-order chi connectivity index (χ1) is 14.3. The Bertz CT molecular complexity index is 1220. The molecule has 0 aliphatic rings. The molecule has 4 heterocycles. The number of aromatic nitrogens is 6. The number of hydrogen-bond donors (Lipinski definition) is 1. The second-order valence-corrected chi connectivity index (χ2v) is 7.67. The third kappa shape index (κ3) is 3.70. The van der Waals surface area contributed by atoms with Gasteiger partial charge in [-0.3, -0.25) is 14.2 Å². The summed E-state index contributed by atoms with van der Waals surface area (Å²) in [6.07, 6.45) is 4.31. The number of nitrogens with one attached hydrogen (secondary N) is 1. The number of hydrogen-bond acceptors (Lipinski definition) is 6. The van der Waals surface area contributed by atoms with Crippen molar-refractivity contribution < 1.29 is 9.32 Å². The van der Waals surface area contributed by atoms with Gasteiger partial charge in [-0.15, -0.1) is 0 Å². The summed E-state index contributed by atoms with van der Waals surface area (Å²) in [5.41, 5.74) is 5.01. The van der Waals surface area contributed by atoms with Crippen molar-refractivity contribution in [2.45, 2.75) is 40.2 Å². The van der Waals surface area contributed by atoms with E-state index in [0.29, 0.717) is 34.6 Å². The molecule has 1 N–H and O–H groups in total. The second kappa shape index (κ2) is 7.74. The molecule has 30 heavy (non-hydrogen) atoms. The van der Waals surface area contributed by atoms with Crippen molar-refractivity contribution in [1.82, 2.24) is 35.0 Å². The van der Waals surface area contributed by atoms with Gasteiger partial charge in [0, 0.05) is 31.0 Å². The molecule has 1 atom stereocenters. The van der Waals surface area contributed by atoms with Gasteiger partial charge in [-0.1, -0.05) is 5.16 Å². The maximum atomic E-state index is 13.0. The van der Waals surface area contributed by atoms with Crippen molar-refractivity contribution in [2.75, 3.05) is 6.54 Å². The lowest BCUT2D eigenvalue weighted by Gasteiger charge is -2.15. The Morgan fingerprint density at radius 2 is 2.07 bits per heavy atom. The van der Waals surface area contributed by atoms with Gasteiger partial charge in [-0.05, 0) is 46.2 Å². The van der Waals surface area contributed by atoms with Gasteiger partial charge in [0.1, 0.15) is 0 Å². The smallest absolute Gasteiger partial charge is 0.259 e. The minimum absolute atomic E-state index is 0.180. The molecular weight excluding hydrogens is 382 g/mol. The third-order valence-electron chi connectivity index (χ3n) is 5.17. The van der Waals surface area contributed by atoms with E-state index in [1.165, 1.54) is 0 Å². The minimum atomic E-state index is -0.181. The molecule has 0 unspecified atom stereocenters. The molecule has 9 nitrogen and oxygen atoms in total. The van der Waals surface area contributed by atoms with Crippen LogP contribution in [0.4, 0.5) is 0 Å². The average Bonchev–Trinajstić information content (AvgIpc) is 3.39. The van der Waals surface area contributed by atoms with Crippen LogP contribution in [0.5, 0.6) is 0 Å². The first-order valence-corrected chi connectivity index (χ1v) is 9.90. The van der Waals surface area contributed by atoms with E-state index < -0.39 is 0 Å². The van der Waals surface area contributed by atoms with E-state index in [9.17, 15) is 4.79 Å². The van der Waals surface area contributed by atoms with Gasteiger partial charge in [-0.2, -0.15) is 10.2 Å². The second-order valence-electron chi connectivity index (χ2n) is 7.67. The number of rotatable bonds is 6. The number of fused-ring (bicyclic) bond motifs is 1. The zero-order valence-corrected chi connectivity index (χ0v) is 17.8. The van der Waals surface area contributed by atoms with Crippen molar-refractivity contribution >= 4 is 17.0 Å². The molecule has 0 radical (unpaired) electrons. The largest absolute Gasteiger partial charge is 0.352 e. The zero-order valence-electron chi connectivity index (χ0n) is 17.8. The Kier molecular flexibility index (Phi) is 5.11. The number of carbonyl (C=O) groups is 1. The maximum Gasteiger partial charge on any atom is 0.259 e.